The lowest BCUT2D eigenvalue weighted by Crippen LogP contribution is -2.30. The Hall–Kier alpha value is -0.960. The second-order valence-electron chi connectivity index (χ2n) is 3.69. The summed E-state index contributed by atoms with van der Waals surface area (Å²) >= 11 is 0. The number of rotatable bonds is 8. The Morgan fingerprint density at radius 1 is 1.56 bits per heavy atom. The molecule has 0 amide bonds. The monoisotopic (exact) mass is 277 g/mol. The molecule has 1 N–H and O–H groups in total. The third-order valence-electron chi connectivity index (χ3n) is 2.40. The van der Waals surface area contributed by atoms with Crippen molar-refractivity contribution in [3.63, 3.8) is 0 Å². The number of aliphatic hydroxyl groups excluding tert-OH is 1. The normalized spacial score (nSPS) is 12.2. The number of hydrogen-bond donors (Lipinski definition) is 1. The number of hydrogen-bond acceptors (Lipinski definition) is 5. The first-order chi connectivity index (χ1) is 8.52. The predicted molar refractivity (Wildman–Crippen MR) is 65.6 cm³/mol. The third-order valence-corrected chi connectivity index (χ3v) is 4.21. The van der Waals surface area contributed by atoms with Gasteiger partial charge >= 0.3 is 0 Å². The third kappa shape index (κ3) is 3.77. The van der Waals surface area contributed by atoms with Gasteiger partial charge in [0.1, 0.15) is 4.90 Å². The van der Waals surface area contributed by atoms with E-state index in [0.717, 1.165) is 0 Å². The second-order valence-corrected chi connectivity index (χ2v) is 5.73. The van der Waals surface area contributed by atoms with Crippen LogP contribution in [0, 0.1) is 0 Å². The zero-order valence-corrected chi connectivity index (χ0v) is 11.4. The largest absolute Gasteiger partial charge is 0.394 e. The van der Waals surface area contributed by atoms with Gasteiger partial charge in [0.15, 0.2) is 0 Å². The number of aliphatic hydroxyl groups is 1. The Morgan fingerprint density at radius 2 is 2.28 bits per heavy atom. The van der Waals surface area contributed by atoms with E-state index in [9.17, 15) is 8.42 Å². The molecule has 0 atom stereocenters. The summed E-state index contributed by atoms with van der Waals surface area (Å²) in [6.07, 6.45) is 2.69. The van der Waals surface area contributed by atoms with Crippen LogP contribution in [-0.2, 0) is 21.3 Å². The smallest absolute Gasteiger partial charge is 0.246 e. The predicted octanol–water partition coefficient (Wildman–Crippen LogP) is -0.468. The minimum absolute atomic E-state index is 0.0820. The van der Waals surface area contributed by atoms with Crippen molar-refractivity contribution in [1.82, 2.24) is 14.1 Å². The highest BCUT2D eigenvalue weighted by Gasteiger charge is 2.22. The van der Waals surface area contributed by atoms with Crippen LogP contribution in [0.15, 0.2) is 17.3 Å². The molecule has 104 valence electrons. The van der Waals surface area contributed by atoms with Crippen LogP contribution in [0.1, 0.15) is 6.92 Å². The Kier molecular flexibility index (Phi) is 5.73. The van der Waals surface area contributed by atoms with Crippen molar-refractivity contribution in [3.05, 3.63) is 12.4 Å². The Balaban J connectivity index is 2.71. The van der Waals surface area contributed by atoms with Crippen molar-refractivity contribution in [1.29, 1.82) is 0 Å². The molecule has 0 fully saturated rings. The van der Waals surface area contributed by atoms with E-state index in [4.69, 9.17) is 9.84 Å². The van der Waals surface area contributed by atoms with Gasteiger partial charge in [0.2, 0.25) is 10.0 Å². The quantitative estimate of drug-likeness (QED) is 0.650. The minimum atomic E-state index is -3.53. The molecular weight excluding hydrogens is 258 g/mol. The maximum Gasteiger partial charge on any atom is 0.246 e. The van der Waals surface area contributed by atoms with E-state index in [-0.39, 0.29) is 18.0 Å². The average molecular weight is 277 g/mol. The summed E-state index contributed by atoms with van der Waals surface area (Å²) in [4.78, 5) is 0.120. The molecule has 1 aromatic rings. The first kappa shape index (κ1) is 15.1. The standard InChI is InChI=1S/C10H19N3O4S/c1-3-17-7-5-12(2)18(15,16)10-8-11-13(9-10)4-6-14/h8-9,14H,3-7H2,1-2H3. The van der Waals surface area contributed by atoms with Crippen molar-refractivity contribution in [2.75, 3.05) is 33.4 Å². The van der Waals surface area contributed by atoms with Gasteiger partial charge in [-0.3, -0.25) is 4.68 Å². The fraction of sp³-hybridized carbons (Fsp3) is 0.700. The molecule has 0 bridgehead atoms. The molecular formula is C10H19N3O4S. The molecule has 1 heterocycles. The molecule has 0 aromatic carbocycles. The Bertz CT molecular complexity index is 457. The number of aromatic nitrogens is 2. The van der Waals surface area contributed by atoms with Gasteiger partial charge in [0.05, 0.1) is 26.0 Å². The molecule has 0 radical (unpaired) electrons. The van der Waals surface area contributed by atoms with E-state index < -0.39 is 10.0 Å². The molecule has 0 aliphatic rings. The van der Waals surface area contributed by atoms with Gasteiger partial charge in [-0.15, -0.1) is 0 Å². The Morgan fingerprint density at radius 3 is 2.89 bits per heavy atom. The maximum absolute atomic E-state index is 12.1. The molecule has 7 nitrogen and oxygen atoms in total. The SMILES string of the molecule is CCOCCN(C)S(=O)(=O)c1cnn(CCO)c1. The Labute approximate surface area is 107 Å². The zero-order chi connectivity index (χ0) is 13.6. The summed E-state index contributed by atoms with van der Waals surface area (Å²) in [5, 5.41) is 12.6. The van der Waals surface area contributed by atoms with Gasteiger partial charge in [0, 0.05) is 26.4 Å². The van der Waals surface area contributed by atoms with Crippen LogP contribution in [0.5, 0.6) is 0 Å². The summed E-state index contributed by atoms with van der Waals surface area (Å²) in [6, 6.07) is 0. The second kappa shape index (κ2) is 6.83. The first-order valence-corrected chi connectivity index (χ1v) is 7.13. The molecule has 0 spiro atoms. The summed E-state index contributed by atoms with van der Waals surface area (Å²) in [5.41, 5.74) is 0. The van der Waals surface area contributed by atoms with E-state index >= 15 is 0 Å². The van der Waals surface area contributed by atoms with E-state index in [1.807, 2.05) is 6.92 Å². The number of nitrogens with zero attached hydrogens (tertiary/aromatic N) is 3. The lowest BCUT2D eigenvalue weighted by molar-refractivity contribution is 0.138. The van der Waals surface area contributed by atoms with E-state index in [0.29, 0.717) is 19.8 Å². The van der Waals surface area contributed by atoms with Crippen LogP contribution in [0.3, 0.4) is 0 Å². The molecule has 0 aliphatic heterocycles. The van der Waals surface area contributed by atoms with Gasteiger partial charge in [0.25, 0.3) is 0 Å². The van der Waals surface area contributed by atoms with Gasteiger partial charge in [-0.25, -0.2) is 8.42 Å². The van der Waals surface area contributed by atoms with Crippen LogP contribution in [-0.4, -0.2) is 61.0 Å². The van der Waals surface area contributed by atoms with Gasteiger partial charge < -0.3 is 9.84 Å². The molecule has 0 aliphatic carbocycles. The first-order valence-electron chi connectivity index (χ1n) is 5.69. The highest BCUT2D eigenvalue weighted by molar-refractivity contribution is 7.89. The van der Waals surface area contributed by atoms with Crippen molar-refractivity contribution in [3.8, 4) is 0 Å². The fourth-order valence-corrected chi connectivity index (χ4v) is 2.45. The molecule has 1 aromatic heterocycles. The molecule has 0 unspecified atom stereocenters. The van der Waals surface area contributed by atoms with E-state index in [1.165, 1.54) is 28.4 Å². The van der Waals surface area contributed by atoms with E-state index in [1.54, 1.807) is 0 Å². The summed E-state index contributed by atoms with van der Waals surface area (Å²) in [6.45, 7) is 3.26. The highest BCUT2D eigenvalue weighted by atomic mass is 32.2. The lowest BCUT2D eigenvalue weighted by Gasteiger charge is -2.15. The van der Waals surface area contributed by atoms with Crippen molar-refractivity contribution in [2.24, 2.45) is 0 Å². The summed E-state index contributed by atoms with van der Waals surface area (Å²) in [7, 11) is -2.03. The van der Waals surface area contributed by atoms with Gasteiger partial charge in [-0.2, -0.15) is 9.40 Å². The summed E-state index contributed by atoms with van der Waals surface area (Å²) < 4.78 is 31.9. The molecule has 8 heteroatoms. The van der Waals surface area contributed by atoms with Gasteiger partial charge in [-0.1, -0.05) is 0 Å². The van der Waals surface area contributed by atoms with Crippen molar-refractivity contribution >= 4 is 10.0 Å². The zero-order valence-electron chi connectivity index (χ0n) is 10.6. The molecule has 1 rings (SSSR count). The average Bonchev–Trinajstić information content (AvgIpc) is 2.79. The van der Waals surface area contributed by atoms with Crippen molar-refractivity contribution < 1.29 is 18.3 Å². The lowest BCUT2D eigenvalue weighted by atomic mass is 10.7. The highest BCUT2D eigenvalue weighted by Crippen LogP contribution is 2.12. The summed E-state index contributed by atoms with van der Waals surface area (Å²) in [5.74, 6) is 0. The number of likely N-dealkylation sites (N-methyl/N-ethyl adjacent to an activating group) is 1. The van der Waals surface area contributed by atoms with Crippen molar-refractivity contribution in [2.45, 2.75) is 18.4 Å². The topological polar surface area (TPSA) is 84.7 Å². The molecule has 18 heavy (non-hydrogen) atoms. The van der Waals surface area contributed by atoms with Crippen LogP contribution in [0.2, 0.25) is 0 Å². The van der Waals surface area contributed by atoms with Gasteiger partial charge in [-0.05, 0) is 6.92 Å². The number of sulfonamides is 1. The van der Waals surface area contributed by atoms with Crippen LogP contribution < -0.4 is 0 Å². The maximum atomic E-state index is 12.1. The molecule has 0 saturated heterocycles. The number of ether oxygens (including phenoxy) is 1. The van der Waals surface area contributed by atoms with Crippen LogP contribution >= 0.6 is 0 Å². The van der Waals surface area contributed by atoms with E-state index in [2.05, 4.69) is 5.10 Å². The minimum Gasteiger partial charge on any atom is -0.394 e. The fourth-order valence-electron chi connectivity index (χ4n) is 1.34. The molecule has 0 saturated carbocycles. The van der Waals surface area contributed by atoms with Crippen LogP contribution in [0.4, 0.5) is 0 Å². The van der Waals surface area contributed by atoms with Crippen LogP contribution in [0.25, 0.3) is 0 Å².